The average Bonchev–Trinajstić information content (AvgIpc) is 2.88. The Kier molecular flexibility index (Phi) is 5.14. The van der Waals surface area contributed by atoms with Crippen molar-refractivity contribution in [1.29, 1.82) is 0 Å². The second kappa shape index (κ2) is 7.66. The Labute approximate surface area is 152 Å². The van der Waals surface area contributed by atoms with Gasteiger partial charge in [-0.3, -0.25) is 19.3 Å². The number of aryl methyl sites for hydroxylation is 1. The summed E-state index contributed by atoms with van der Waals surface area (Å²) < 4.78 is 0. The van der Waals surface area contributed by atoms with E-state index >= 15 is 0 Å². The Morgan fingerprint density at radius 3 is 2.54 bits per heavy atom. The second-order valence-corrected chi connectivity index (χ2v) is 6.01. The molecule has 5 heteroatoms. The van der Waals surface area contributed by atoms with Gasteiger partial charge in [0, 0.05) is 18.5 Å². The number of carbonyl (C=O) groups excluding carboxylic acids is 3. The minimum Gasteiger partial charge on any atom is -0.345 e. The molecule has 0 unspecified atom stereocenters. The van der Waals surface area contributed by atoms with Crippen molar-refractivity contribution in [2.45, 2.75) is 13.3 Å². The summed E-state index contributed by atoms with van der Waals surface area (Å²) in [4.78, 5) is 37.7. The maximum Gasteiger partial charge on any atom is 0.261 e. The van der Waals surface area contributed by atoms with Crippen LogP contribution in [0.3, 0.4) is 0 Å². The molecule has 3 amide bonds. The van der Waals surface area contributed by atoms with Gasteiger partial charge in [-0.05, 0) is 31.2 Å². The number of benzene rings is 2. The summed E-state index contributed by atoms with van der Waals surface area (Å²) in [6.07, 6.45) is 0.0530. The fourth-order valence-electron chi connectivity index (χ4n) is 2.72. The van der Waals surface area contributed by atoms with Crippen molar-refractivity contribution < 1.29 is 14.4 Å². The monoisotopic (exact) mass is 346 g/mol. The summed E-state index contributed by atoms with van der Waals surface area (Å²) in [6.45, 7) is 2.14. The van der Waals surface area contributed by atoms with Gasteiger partial charge in [0.2, 0.25) is 5.91 Å². The Balaban J connectivity index is 1.50. The first kappa shape index (κ1) is 17.4. The van der Waals surface area contributed by atoms with Gasteiger partial charge in [-0.25, -0.2) is 0 Å². The number of imide groups is 1. The zero-order valence-corrected chi connectivity index (χ0v) is 14.4. The standard InChI is InChI=1S/C21H18N2O3/c1-15-9-10-17-18(14-15)21(26)23(20(17)25)13-11-19(24)22-12-5-8-16-6-3-2-4-7-16/h2-4,6-7,9-10,14H,11-13H2,1H3,(H,22,24). The van der Waals surface area contributed by atoms with Crippen LogP contribution >= 0.6 is 0 Å². The van der Waals surface area contributed by atoms with Crippen molar-refractivity contribution in [3.8, 4) is 11.8 Å². The number of hydrogen-bond donors (Lipinski definition) is 1. The highest BCUT2D eigenvalue weighted by molar-refractivity contribution is 6.21. The van der Waals surface area contributed by atoms with E-state index in [1.54, 1.807) is 18.2 Å². The number of amides is 3. The van der Waals surface area contributed by atoms with E-state index < -0.39 is 0 Å². The molecule has 2 aromatic carbocycles. The molecule has 1 aliphatic rings. The molecule has 2 aromatic rings. The van der Waals surface area contributed by atoms with E-state index in [2.05, 4.69) is 17.2 Å². The second-order valence-electron chi connectivity index (χ2n) is 6.01. The van der Waals surface area contributed by atoms with E-state index in [-0.39, 0.29) is 37.2 Å². The SMILES string of the molecule is Cc1ccc2c(c1)C(=O)N(CCC(=O)NCC#Cc1ccccc1)C2=O. The van der Waals surface area contributed by atoms with Gasteiger partial charge in [0.05, 0.1) is 17.7 Å². The van der Waals surface area contributed by atoms with Crippen LogP contribution in [0.1, 0.15) is 38.3 Å². The third-order valence-electron chi connectivity index (χ3n) is 4.07. The molecule has 1 N–H and O–H groups in total. The van der Waals surface area contributed by atoms with Gasteiger partial charge in [-0.2, -0.15) is 0 Å². The molecule has 1 heterocycles. The number of nitrogens with zero attached hydrogens (tertiary/aromatic N) is 1. The quantitative estimate of drug-likeness (QED) is 0.681. The Hall–Kier alpha value is -3.39. The predicted molar refractivity (Wildman–Crippen MR) is 97.5 cm³/mol. The van der Waals surface area contributed by atoms with E-state index in [4.69, 9.17) is 0 Å². The molecule has 0 aromatic heterocycles. The molecular formula is C21H18N2O3. The van der Waals surface area contributed by atoms with E-state index in [1.165, 1.54) is 0 Å². The normalized spacial score (nSPS) is 12.4. The van der Waals surface area contributed by atoms with Gasteiger partial charge in [0.1, 0.15) is 0 Å². The summed E-state index contributed by atoms with van der Waals surface area (Å²) in [7, 11) is 0. The molecule has 5 nitrogen and oxygen atoms in total. The van der Waals surface area contributed by atoms with Crippen molar-refractivity contribution in [3.05, 3.63) is 70.8 Å². The van der Waals surface area contributed by atoms with Crippen LogP contribution in [0.4, 0.5) is 0 Å². The molecule has 0 saturated carbocycles. The average molecular weight is 346 g/mol. The molecule has 3 rings (SSSR count). The molecule has 0 bridgehead atoms. The van der Waals surface area contributed by atoms with Crippen LogP contribution in [-0.2, 0) is 4.79 Å². The van der Waals surface area contributed by atoms with Gasteiger partial charge in [0.25, 0.3) is 11.8 Å². The lowest BCUT2D eigenvalue weighted by Crippen LogP contribution is -2.34. The largest absolute Gasteiger partial charge is 0.345 e. The first-order valence-electron chi connectivity index (χ1n) is 8.34. The van der Waals surface area contributed by atoms with E-state index in [0.29, 0.717) is 11.1 Å². The Bertz CT molecular complexity index is 923. The fourth-order valence-corrected chi connectivity index (χ4v) is 2.72. The summed E-state index contributed by atoms with van der Waals surface area (Å²) >= 11 is 0. The van der Waals surface area contributed by atoms with Crippen LogP contribution in [0, 0.1) is 18.8 Å². The molecule has 0 radical (unpaired) electrons. The summed E-state index contributed by atoms with van der Waals surface area (Å²) in [5.74, 6) is 4.88. The summed E-state index contributed by atoms with van der Waals surface area (Å²) in [6, 6.07) is 14.6. The minimum absolute atomic E-state index is 0.0530. The zero-order valence-electron chi connectivity index (χ0n) is 14.4. The molecule has 0 aliphatic carbocycles. The van der Waals surface area contributed by atoms with Crippen molar-refractivity contribution in [3.63, 3.8) is 0 Å². The van der Waals surface area contributed by atoms with Crippen LogP contribution in [0.15, 0.2) is 48.5 Å². The Morgan fingerprint density at radius 2 is 1.77 bits per heavy atom. The molecule has 130 valence electrons. The third kappa shape index (κ3) is 3.81. The number of hydrogen-bond acceptors (Lipinski definition) is 3. The maximum absolute atomic E-state index is 12.3. The van der Waals surface area contributed by atoms with Gasteiger partial charge < -0.3 is 5.32 Å². The highest BCUT2D eigenvalue weighted by Gasteiger charge is 2.35. The number of rotatable bonds is 4. The van der Waals surface area contributed by atoms with Crippen LogP contribution in [0.2, 0.25) is 0 Å². The molecular weight excluding hydrogens is 328 g/mol. The molecule has 26 heavy (non-hydrogen) atoms. The molecule has 0 saturated heterocycles. The third-order valence-corrected chi connectivity index (χ3v) is 4.07. The van der Waals surface area contributed by atoms with Gasteiger partial charge in [0.15, 0.2) is 0 Å². The Morgan fingerprint density at radius 1 is 1.04 bits per heavy atom. The van der Waals surface area contributed by atoms with E-state index in [1.807, 2.05) is 37.3 Å². The van der Waals surface area contributed by atoms with Crippen LogP contribution in [0.25, 0.3) is 0 Å². The first-order chi connectivity index (χ1) is 12.6. The number of nitrogens with one attached hydrogen (secondary N) is 1. The van der Waals surface area contributed by atoms with Crippen molar-refractivity contribution in [2.24, 2.45) is 0 Å². The fraction of sp³-hybridized carbons (Fsp3) is 0.190. The molecule has 0 spiro atoms. The van der Waals surface area contributed by atoms with Gasteiger partial charge >= 0.3 is 0 Å². The summed E-state index contributed by atoms with van der Waals surface area (Å²) in [5, 5.41) is 2.67. The van der Waals surface area contributed by atoms with Crippen molar-refractivity contribution in [2.75, 3.05) is 13.1 Å². The lowest BCUT2D eigenvalue weighted by molar-refractivity contribution is -0.120. The van der Waals surface area contributed by atoms with Gasteiger partial charge in [-0.1, -0.05) is 41.7 Å². The highest BCUT2D eigenvalue weighted by Crippen LogP contribution is 2.23. The van der Waals surface area contributed by atoms with E-state index in [0.717, 1.165) is 16.0 Å². The maximum atomic E-state index is 12.3. The number of carbonyl (C=O) groups is 3. The highest BCUT2D eigenvalue weighted by atomic mass is 16.2. The predicted octanol–water partition coefficient (Wildman–Crippen LogP) is 2.15. The van der Waals surface area contributed by atoms with Crippen LogP contribution < -0.4 is 5.32 Å². The van der Waals surface area contributed by atoms with E-state index in [9.17, 15) is 14.4 Å². The molecule has 0 fully saturated rings. The molecule has 0 atom stereocenters. The zero-order chi connectivity index (χ0) is 18.5. The first-order valence-corrected chi connectivity index (χ1v) is 8.34. The molecule has 1 aliphatic heterocycles. The topological polar surface area (TPSA) is 66.5 Å². The lowest BCUT2D eigenvalue weighted by atomic mass is 10.1. The smallest absolute Gasteiger partial charge is 0.261 e. The van der Waals surface area contributed by atoms with Crippen LogP contribution in [-0.4, -0.2) is 35.7 Å². The van der Waals surface area contributed by atoms with Crippen molar-refractivity contribution >= 4 is 17.7 Å². The number of fused-ring (bicyclic) bond motifs is 1. The minimum atomic E-state index is -0.346. The van der Waals surface area contributed by atoms with Crippen LogP contribution in [0.5, 0.6) is 0 Å². The van der Waals surface area contributed by atoms with Crippen molar-refractivity contribution in [1.82, 2.24) is 10.2 Å². The lowest BCUT2D eigenvalue weighted by Gasteiger charge is -2.12. The summed E-state index contributed by atoms with van der Waals surface area (Å²) in [5.41, 5.74) is 2.60. The van der Waals surface area contributed by atoms with Gasteiger partial charge in [-0.15, -0.1) is 0 Å².